The molecule has 0 bridgehead atoms. The summed E-state index contributed by atoms with van der Waals surface area (Å²) in [5.74, 6) is 0.446. The molecule has 98 valence electrons. The smallest absolute Gasteiger partial charge is 0.303 e. The maximum atomic E-state index is 10.5. The third-order valence-electron chi connectivity index (χ3n) is 3.18. The Kier molecular flexibility index (Phi) is 3.72. The van der Waals surface area contributed by atoms with E-state index in [1.54, 1.807) is 25.3 Å². The van der Waals surface area contributed by atoms with E-state index in [1.165, 1.54) is 0 Å². The van der Waals surface area contributed by atoms with Gasteiger partial charge in [-0.05, 0) is 24.1 Å². The molecule has 0 aliphatic carbocycles. The Bertz CT molecular complexity index is 441. The first-order valence-electron chi connectivity index (χ1n) is 5.88. The van der Waals surface area contributed by atoms with Gasteiger partial charge in [0.25, 0.3) is 0 Å². The molecule has 18 heavy (non-hydrogen) atoms. The number of hydrogen-bond donors (Lipinski definition) is 2. The standard InChI is InChI=1S/C13H17NO4/c1-18-11-2-3-12(15)10(5-11)8-14-6-9(7-14)4-13(16)17/h2-3,5,9,15H,4,6-8H2,1H3,(H,16,17). The van der Waals surface area contributed by atoms with Gasteiger partial charge >= 0.3 is 5.97 Å². The van der Waals surface area contributed by atoms with Crippen LogP contribution in [0.5, 0.6) is 11.5 Å². The van der Waals surface area contributed by atoms with Gasteiger partial charge in [0, 0.05) is 25.2 Å². The number of phenols is 1. The molecule has 5 heteroatoms. The largest absolute Gasteiger partial charge is 0.508 e. The number of carbonyl (C=O) groups is 1. The summed E-state index contributed by atoms with van der Waals surface area (Å²) in [5, 5.41) is 18.4. The predicted octanol–water partition coefficient (Wildman–Crippen LogP) is 1.31. The second kappa shape index (κ2) is 5.27. The quantitative estimate of drug-likeness (QED) is 0.825. The number of rotatable bonds is 5. The Labute approximate surface area is 106 Å². The van der Waals surface area contributed by atoms with Crippen molar-refractivity contribution < 1.29 is 19.7 Å². The fraction of sp³-hybridized carbons (Fsp3) is 0.462. The van der Waals surface area contributed by atoms with E-state index in [2.05, 4.69) is 4.90 Å². The van der Waals surface area contributed by atoms with Crippen LogP contribution in [-0.4, -0.2) is 41.3 Å². The van der Waals surface area contributed by atoms with Crippen molar-refractivity contribution in [2.45, 2.75) is 13.0 Å². The summed E-state index contributed by atoms with van der Waals surface area (Å²) >= 11 is 0. The van der Waals surface area contributed by atoms with Crippen molar-refractivity contribution in [3.8, 4) is 11.5 Å². The van der Waals surface area contributed by atoms with E-state index < -0.39 is 5.97 Å². The van der Waals surface area contributed by atoms with Gasteiger partial charge in [-0.15, -0.1) is 0 Å². The van der Waals surface area contributed by atoms with Gasteiger partial charge in [-0.1, -0.05) is 0 Å². The molecule has 0 radical (unpaired) electrons. The van der Waals surface area contributed by atoms with Crippen molar-refractivity contribution in [1.29, 1.82) is 0 Å². The van der Waals surface area contributed by atoms with Crippen LogP contribution in [0.4, 0.5) is 0 Å². The summed E-state index contributed by atoms with van der Waals surface area (Å²) < 4.78 is 5.11. The average molecular weight is 251 g/mol. The minimum atomic E-state index is -0.746. The van der Waals surface area contributed by atoms with Gasteiger partial charge in [0.15, 0.2) is 0 Å². The SMILES string of the molecule is COc1ccc(O)c(CN2CC(CC(=O)O)C2)c1. The third-order valence-corrected chi connectivity index (χ3v) is 3.18. The van der Waals surface area contributed by atoms with E-state index in [0.29, 0.717) is 12.3 Å². The Hall–Kier alpha value is -1.75. The van der Waals surface area contributed by atoms with Gasteiger partial charge in [-0.3, -0.25) is 9.69 Å². The maximum Gasteiger partial charge on any atom is 0.303 e. The number of ether oxygens (including phenoxy) is 1. The highest BCUT2D eigenvalue weighted by atomic mass is 16.5. The molecular weight excluding hydrogens is 234 g/mol. The minimum Gasteiger partial charge on any atom is -0.508 e. The van der Waals surface area contributed by atoms with E-state index in [9.17, 15) is 9.90 Å². The number of phenolic OH excluding ortho intramolecular Hbond substituents is 1. The molecule has 1 aliphatic rings. The van der Waals surface area contributed by atoms with Crippen LogP contribution in [0.25, 0.3) is 0 Å². The third kappa shape index (κ3) is 2.92. The highest BCUT2D eigenvalue weighted by Crippen LogP contribution is 2.27. The van der Waals surface area contributed by atoms with E-state index in [0.717, 1.165) is 18.7 Å². The number of methoxy groups -OCH3 is 1. The molecular formula is C13H17NO4. The highest BCUT2D eigenvalue weighted by Gasteiger charge is 2.28. The molecule has 0 spiro atoms. The Morgan fingerprint density at radius 3 is 2.83 bits per heavy atom. The van der Waals surface area contributed by atoms with Gasteiger partial charge in [-0.2, -0.15) is 0 Å². The second-order valence-corrected chi connectivity index (χ2v) is 4.65. The monoisotopic (exact) mass is 251 g/mol. The first-order chi connectivity index (χ1) is 8.58. The van der Waals surface area contributed by atoms with Gasteiger partial charge in [0.05, 0.1) is 13.5 Å². The molecule has 1 heterocycles. The first kappa shape index (κ1) is 12.7. The van der Waals surface area contributed by atoms with Crippen LogP contribution < -0.4 is 4.74 Å². The fourth-order valence-electron chi connectivity index (χ4n) is 2.24. The van der Waals surface area contributed by atoms with Gasteiger partial charge < -0.3 is 14.9 Å². The van der Waals surface area contributed by atoms with Gasteiger partial charge in [0.2, 0.25) is 0 Å². The maximum absolute atomic E-state index is 10.5. The van der Waals surface area contributed by atoms with E-state index in [4.69, 9.17) is 9.84 Å². The number of likely N-dealkylation sites (tertiary alicyclic amines) is 1. The summed E-state index contributed by atoms with van der Waals surface area (Å²) in [6.07, 6.45) is 0.223. The van der Waals surface area contributed by atoms with Gasteiger partial charge in [-0.25, -0.2) is 0 Å². The zero-order valence-electron chi connectivity index (χ0n) is 10.3. The minimum absolute atomic E-state index is 0.223. The molecule has 0 unspecified atom stereocenters. The zero-order valence-corrected chi connectivity index (χ0v) is 10.3. The van der Waals surface area contributed by atoms with Crippen LogP contribution >= 0.6 is 0 Å². The molecule has 1 fully saturated rings. The number of carboxylic acid groups (broad SMARTS) is 1. The van der Waals surface area contributed by atoms with Crippen molar-refractivity contribution in [3.63, 3.8) is 0 Å². The summed E-state index contributed by atoms with van der Waals surface area (Å²) in [6.45, 7) is 2.16. The van der Waals surface area contributed by atoms with E-state index >= 15 is 0 Å². The van der Waals surface area contributed by atoms with Crippen LogP contribution in [0.1, 0.15) is 12.0 Å². The van der Waals surface area contributed by atoms with Crippen molar-refractivity contribution in [2.75, 3.05) is 20.2 Å². The van der Waals surface area contributed by atoms with Crippen LogP contribution in [-0.2, 0) is 11.3 Å². The van der Waals surface area contributed by atoms with E-state index in [-0.39, 0.29) is 18.1 Å². The zero-order chi connectivity index (χ0) is 13.1. The van der Waals surface area contributed by atoms with Crippen molar-refractivity contribution in [2.24, 2.45) is 5.92 Å². The average Bonchev–Trinajstić information content (AvgIpc) is 2.28. The lowest BCUT2D eigenvalue weighted by Gasteiger charge is -2.38. The lowest BCUT2D eigenvalue weighted by Crippen LogP contribution is -2.46. The van der Waals surface area contributed by atoms with Crippen LogP contribution in [0.3, 0.4) is 0 Å². The molecule has 1 aliphatic heterocycles. The number of nitrogens with zero attached hydrogens (tertiary/aromatic N) is 1. The van der Waals surface area contributed by atoms with Crippen LogP contribution in [0.2, 0.25) is 0 Å². The molecule has 0 amide bonds. The highest BCUT2D eigenvalue weighted by molar-refractivity contribution is 5.67. The molecule has 0 aromatic heterocycles. The van der Waals surface area contributed by atoms with Crippen molar-refractivity contribution in [1.82, 2.24) is 4.90 Å². The summed E-state index contributed by atoms with van der Waals surface area (Å²) in [4.78, 5) is 12.6. The molecule has 5 nitrogen and oxygen atoms in total. The molecule has 1 aromatic carbocycles. The molecule has 0 saturated carbocycles. The molecule has 1 saturated heterocycles. The fourth-order valence-corrected chi connectivity index (χ4v) is 2.24. The summed E-state index contributed by atoms with van der Waals surface area (Å²) in [6, 6.07) is 5.13. The first-order valence-corrected chi connectivity index (χ1v) is 5.88. The molecule has 2 rings (SSSR count). The lowest BCUT2D eigenvalue weighted by molar-refractivity contribution is -0.139. The molecule has 0 atom stereocenters. The summed E-state index contributed by atoms with van der Waals surface area (Å²) in [5.41, 5.74) is 0.808. The number of aromatic hydroxyl groups is 1. The van der Waals surface area contributed by atoms with Crippen molar-refractivity contribution in [3.05, 3.63) is 23.8 Å². The number of carboxylic acids is 1. The Morgan fingerprint density at radius 2 is 2.22 bits per heavy atom. The number of aliphatic carboxylic acids is 1. The Balaban J connectivity index is 1.90. The number of hydrogen-bond acceptors (Lipinski definition) is 4. The van der Waals surface area contributed by atoms with Crippen molar-refractivity contribution >= 4 is 5.97 Å². The topological polar surface area (TPSA) is 70.0 Å². The normalized spacial score (nSPS) is 16.3. The van der Waals surface area contributed by atoms with Crippen LogP contribution in [0, 0.1) is 5.92 Å². The summed E-state index contributed by atoms with van der Waals surface area (Å²) in [7, 11) is 1.59. The Morgan fingerprint density at radius 1 is 1.50 bits per heavy atom. The predicted molar refractivity (Wildman–Crippen MR) is 65.7 cm³/mol. The molecule has 1 aromatic rings. The van der Waals surface area contributed by atoms with Crippen LogP contribution in [0.15, 0.2) is 18.2 Å². The van der Waals surface area contributed by atoms with E-state index in [1.807, 2.05) is 0 Å². The second-order valence-electron chi connectivity index (χ2n) is 4.65. The lowest BCUT2D eigenvalue weighted by atomic mass is 9.95. The van der Waals surface area contributed by atoms with Gasteiger partial charge in [0.1, 0.15) is 11.5 Å². The molecule has 2 N–H and O–H groups in total. The number of benzene rings is 1.